The quantitative estimate of drug-likeness (QED) is 0.487. The molecule has 122 valence electrons. The summed E-state index contributed by atoms with van der Waals surface area (Å²) in [6.45, 7) is 0. The lowest BCUT2D eigenvalue weighted by Gasteiger charge is -2.09. The van der Waals surface area contributed by atoms with Gasteiger partial charge in [-0.15, -0.1) is 11.3 Å². The molecule has 0 fully saturated rings. The van der Waals surface area contributed by atoms with E-state index in [4.69, 9.17) is 9.72 Å². The third-order valence-electron chi connectivity index (χ3n) is 3.95. The Morgan fingerprint density at radius 2 is 1.64 bits per heavy atom. The highest BCUT2D eigenvalue weighted by molar-refractivity contribution is 7.13. The lowest BCUT2D eigenvalue weighted by Crippen LogP contribution is -1.91. The van der Waals surface area contributed by atoms with Gasteiger partial charge in [0.15, 0.2) is 0 Å². The Kier molecular flexibility index (Phi) is 4.27. The second-order valence-corrected chi connectivity index (χ2v) is 6.49. The zero-order valence-electron chi connectivity index (χ0n) is 13.7. The first-order chi connectivity index (χ1) is 12.3. The molecule has 0 atom stereocenters. The lowest BCUT2D eigenvalue weighted by molar-refractivity contribution is 0.415. The summed E-state index contributed by atoms with van der Waals surface area (Å²) in [6, 6.07) is 22.3. The van der Waals surface area contributed by atoms with E-state index >= 15 is 0 Å². The molecule has 0 radical (unpaired) electrons. The van der Waals surface area contributed by atoms with Crippen molar-refractivity contribution in [2.45, 2.75) is 0 Å². The maximum absolute atomic E-state index is 5.26. The van der Waals surface area contributed by atoms with Gasteiger partial charge in [-0.05, 0) is 59.0 Å². The van der Waals surface area contributed by atoms with Gasteiger partial charge in [-0.25, -0.2) is 4.98 Å². The summed E-state index contributed by atoms with van der Waals surface area (Å²) in [5.41, 5.74) is 4.94. The van der Waals surface area contributed by atoms with Crippen LogP contribution in [-0.4, -0.2) is 17.1 Å². The summed E-state index contributed by atoms with van der Waals surface area (Å²) in [5.74, 6) is 0.848. The average Bonchev–Trinajstić information content (AvgIpc) is 3.23. The highest BCUT2D eigenvalue weighted by atomic mass is 32.1. The summed E-state index contributed by atoms with van der Waals surface area (Å²) in [5, 5.41) is 2.07. The van der Waals surface area contributed by atoms with Gasteiger partial charge in [0.05, 0.1) is 29.1 Å². The predicted molar refractivity (Wildman–Crippen MR) is 103 cm³/mol. The topological polar surface area (TPSA) is 35.0 Å². The van der Waals surface area contributed by atoms with Crippen LogP contribution in [0.3, 0.4) is 0 Å². The summed E-state index contributed by atoms with van der Waals surface area (Å²) in [4.78, 5) is 10.4. The fourth-order valence-electron chi connectivity index (χ4n) is 2.68. The molecule has 3 heterocycles. The van der Waals surface area contributed by atoms with Crippen LogP contribution in [0.4, 0.5) is 0 Å². The molecule has 0 saturated carbocycles. The molecule has 4 rings (SSSR count). The van der Waals surface area contributed by atoms with E-state index in [-0.39, 0.29) is 0 Å². The minimum Gasteiger partial charge on any atom is -0.497 e. The maximum Gasteiger partial charge on any atom is 0.118 e. The van der Waals surface area contributed by atoms with E-state index < -0.39 is 0 Å². The largest absolute Gasteiger partial charge is 0.497 e. The normalized spacial score (nSPS) is 10.6. The number of methoxy groups -OCH3 is 1. The SMILES string of the molecule is COc1ccc(-c2cc(-c3ccccn3)nc(-c3cccs3)c2)cc1. The number of benzene rings is 1. The molecular formula is C21H16N2OS. The molecule has 0 bridgehead atoms. The first kappa shape index (κ1) is 15.5. The van der Waals surface area contributed by atoms with Crippen molar-refractivity contribution < 1.29 is 4.74 Å². The number of rotatable bonds is 4. The summed E-state index contributed by atoms with van der Waals surface area (Å²) in [6.07, 6.45) is 1.79. The van der Waals surface area contributed by atoms with Crippen molar-refractivity contribution >= 4 is 11.3 Å². The molecule has 3 aromatic heterocycles. The Bertz CT molecular complexity index is 965. The van der Waals surface area contributed by atoms with Gasteiger partial charge in [0, 0.05) is 6.20 Å². The van der Waals surface area contributed by atoms with Crippen molar-refractivity contribution in [2.24, 2.45) is 0 Å². The summed E-state index contributed by atoms with van der Waals surface area (Å²) < 4.78 is 5.26. The number of aromatic nitrogens is 2. The molecule has 3 nitrogen and oxygen atoms in total. The van der Waals surface area contributed by atoms with Crippen molar-refractivity contribution in [3.63, 3.8) is 0 Å². The van der Waals surface area contributed by atoms with Crippen molar-refractivity contribution in [3.8, 4) is 38.8 Å². The van der Waals surface area contributed by atoms with Gasteiger partial charge in [-0.1, -0.05) is 24.3 Å². The molecule has 25 heavy (non-hydrogen) atoms. The van der Waals surface area contributed by atoms with Gasteiger partial charge < -0.3 is 4.74 Å². The highest BCUT2D eigenvalue weighted by Gasteiger charge is 2.10. The maximum atomic E-state index is 5.26. The van der Waals surface area contributed by atoms with Crippen LogP contribution in [0.1, 0.15) is 0 Å². The van der Waals surface area contributed by atoms with E-state index in [1.807, 2.05) is 36.4 Å². The standard InChI is InChI=1S/C21H16N2OS/c1-24-17-9-7-15(8-10-17)16-13-19(18-5-2-3-11-22-18)23-20(14-16)21-6-4-12-25-21/h2-14H,1H3. The predicted octanol–water partition coefficient (Wildman–Crippen LogP) is 5.55. The van der Waals surface area contributed by atoms with E-state index in [0.717, 1.165) is 38.8 Å². The molecular weight excluding hydrogens is 328 g/mol. The molecule has 0 unspecified atom stereocenters. The van der Waals surface area contributed by atoms with Gasteiger partial charge in [0.2, 0.25) is 0 Å². The Hall–Kier alpha value is -2.98. The number of hydrogen-bond acceptors (Lipinski definition) is 4. The van der Waals surface area contributed by atoms with Crippen LogP contribution < -0.4 is 4.74 Å². The Balaban J connectivity index is 1.86. The van der Waals surface area contributed by atoms with Crippen LogP contribution in [0.25, 0.3) is 33.1 Å². The van der Waals surface area contributed by atoms with Crippen LogP contribution in [0.2, 0.25) is 0 Å². The van der Waals surface area contributed by atoms with Crippen LogP contribution >= 0.6 is 11.3 Å². The monoisotopic (exact) mass is 344 g/mol. The van der Waals surface area contributed by atoms with E-state index in [2.05, 4.69) is 40.7 Å². The van der Waals surface area contributed by atoms with Crippen molar-refractivity contribution in [2.75, 3.05) is 7.11 Å². The zero-order chi connectivity index (χ0) is 17.1. The van der Waals surface area contributed by atoms with Gasteiger partial charge in [-0.2, -0.15) is 0 Å². The molecule has 0 aliphatic rings. The van der Waals surface area contributed by atoms with Crippen molar-refractivity contribution in [1.82, 2.24) is 9.97 Å². The van der Waals surface area contributed by atoms with E-state index in [0.29, 0.717) is 0 Å². The Morgan fingerprint density at radius 3 is 2.32 bits per heavy atom. The highest BCUT2D eigenvalue weighted by Crippen LogP contribution is 2.32. The van der Waals surface area contributed by atoms with Crippen LogP contribution in [0, 0.1) is 0 Å². The molecule has 0 amide bonds. The molecule has 0 spiro atoms. The third-order valence-corrected chi connectivity index (χ3v) is 4.84. The van der Waals surface area contributed by atoms with Crippen molar-refractivity contribution in [3.05, 3.63) is 78.3 Å². The molecule has 0 N–H and O–H groups in total. The first-order valence-corrected chi connectivity index (χ1v) is 8.83. The average molecular weight is 344 g/mol. The van der Waals surface area contributed by atoms with E-state index in [1.165, 1.54) is 0 Å². The van der Waals surface area contributed by atoms with E-state index in [9.17, 15) is 0 Å². The van der Waals surface area contributed by atoms with Crippen LogP contribution in [-0.2, 0) is 0 Å². The minimum atomic E-state index is 0.848. The number of pyridine rings is 2. The van der Waals surface area contributed by atoms with E-state index in [1.54, 1.807) is 24.6 Å². The second-order valence-electron chi connectivity index (χ2n) is 5.55. The molecule has 4 aromatic rings. The molecule has 0 saturated heterocycles. The smallest absolute Gasteiger partial charge is 0.118 e. The van der Waals surface area contributed by atoms with Gasteiger partial charge >= 0.3 is 0 Å². The fourth-order valence-corrected chi connectivity index (χ4v) is 3.36. The van der Waals surface area contributed by atoms with Crippen LogP contribution in [0.5, 0.6) is 5.75 Å². The Labute approximate surface area is 150 Å². The minimum absolute atomic E-state index is 0.848. The van der Waals surface area contributed by atoms with Crippen molar-refractivity contribution in [1.29, 1.82) is 0 Å². The molecule has 0 aliphatic heterocycles. The fraction of sp³-hybridized carbons (Fsp3) is 0.0476. The third kappa shape index (κ3) is 3.30. The number of nitrogens with zero attached hydrogens (tertiary/aromatic N) is 2. The Morgan fingerprint density at radius 1 is 0.800 bits per heavy atom. The lowest BCUT2D eigenvalue weighted by atomic mass is 10.0. The molecule has 4 heteroatoms. The van der Waals surface area contributed by atoms with Gasteiger partial charge in [0.25, 0.3) is 0 Å². The second kappa shape index (κ2) is 6.87. The first-order valence-electron chi connectivity index (χ1n) is 7.95. The van der Waals surface area contributed by atoms with Gasteiger partial charge in [-0.3, -0.25) is 4.98 Å². The summed E-state index contributed by atoms with van der Waals surface area (Å²) in [7, 11) is 1.68. The molecule has 0 aliphatic carbocycles. The molecule has 1 aromatic carbocycles. The number of thiophene rings is 1. The van der Waals surface area contributed by atoms with Crippen LogP contribution in [0.15, 0.2) is 78.3 Å². The zero-order valence-corrected chi connectivity index (χ0v) is 14.5. The number of hydrogen-bond donors (Lipinski definition) is 0. The van der Waals surface area contributed by atoms with Gasteiger partial charge in [0.1, 0.15) is 5.75 Å². The number of ether oxygens (including phenoxy) is 1. The summed E-state index contributed by atoms with van der Waals surface area (Å²) >= 11 is 1.69.